The molecule has 146 valence electrons. The van der Waals surface area contributed by atoms with Crippen LogP contribution in [0.4, 0.5) is 5.82 Å². The van der Waals surface area contributed by atoms with Crippen molar-refractivity contribution >= 4 is 16.6 Å². The number of rotatable bonds is 6. The molecule has 1 N–H and O–H groups in total. The van der Waals surface area contributed by atoms with Gasteiger partial charge in [0.25, 0.3) is 0 Å². The van der Waals surface area contributed by atoms with Gasteiger partial charge in [-0.25, -0.2) is 4.98 Å². The van der Waals surface area contributed by atoms with E-state index in [-0.39, 0.29) is 6.61 Å². The zero-order valence-electron chi connectivity index (χ0n) is 16.5. The molecule has 1 saturated heterocycles. The summed E-state index contributed by atoms with van der Waals surface area (Å²) in [5.41, 5.74) is 3.01. The summed E-state index contributed by atoms with van der Waals surface area (Å²) in [7, 11) is 0. The second kappa shape index (κ2) is 8.67. The van der Waals surface area contributed by atoms with Crippen LogP contribution in [-0.4, -0.2) is 59.3 Å². The van der Waals surface area contributed by atoms with Crippen molar-refractivity contribution in [3.8, 4) is 11.3 Å². The highest BCUT2D eigenvalue weighted by atomic mass is 16.2. The van der Waals surface area contributed by atoms with E-state index in [2.05, 4.69) is 58.1 Å². The molecule has 0 amide bonds. The number of anilines is 1. The highest BCUT2D eigenvalue weighted by Crippen LogP contribution is 2.30. The maximum Gasteiger partial charge on any atom is 0.137 e. The maximum atomic E-state index is 9.00. The number of hydrogen-bond acceptors (Lipinski definition) is 5. The number of aromatic nitrogens is 2. The van der Waals surface area contributed by atoms with E-state index in [1.165, 1.54) is 10.8 Å². The van der Waals surface area contributed by atoms with Gasteiger partial charge in [-0.1, -0.05) is 31.2 Å². The Kier molecular flexibility index (Phi) is 5.84. The third kappa shape index (κ3) is 4.01. The SMILES string of the molecule is CCN1CCN(c2nc(-c3ccc(CCCO)nc3)cc3ccccc23)CC1. The molecule has 0 unspecified atom stereocenters. The van der Waals surface area contributed by atoms with Crippen LogP contribution in [-0.2, 0) is 6.42 Å². The van der Waals surface area contributed by atoms with Gasteiger partial charge in [0.2, 0.25) is 0 Å². The second-order valence-electron chi connectivity index (χ2n) is 7.34. The average molecular weight is 377 g/mol. The summed E-state index contributed by atoms with van der Waals surface area (Å²) < 4.78 is 0. The van der Waals surface area contributed by atoms with Gasteiger partial charge in [0, 0.05) is 55.6 Å². The summed E-state index contributed by atoms with van der Waals surface area (Å²) in [6.45, 7) is 7.71. The Bertz CT molecular complexity index is 918. The summed E-state index contributed by atoms with van der Waals surface area (Å²) in [6, 6.07) is 14.8. The first-order chi connectivity index (χ1) is 13.8. The van der Waals surface area contributed by atoms with E-state index in [1.54, 1.807) is 0 Å². The lowest BCUT2D eigenvalue weighted by atomic mass is 10.1. The fraction of sp³-hybridized carbons (Fsp3) is 0.391. The maximum absolute atomic E-state index is 9.00. The van der Waals surface area contributed by atoms with Gasteiger partial charge < -0.3 is 14.9 Å². The van der Waals surface area contributed by atoms with E-state index in [0.29, 0.717) is 0 Å². The molecule has 0 aliphatic carbocycles. The Hall–Kier alpha value is -2.50. The minimum absolute atomic E-state index is 0.199. The van der Waals surface area contributed by atoms with Crippen LogP contribution in [0.15, 0.2) is 48.7 Å². The van der Waals surface area contributed by atoms with Crippen LogP contribution in [0.5, 0.6) is 0 Å². The lowest BCUT2D eigenvalue weighted by molar-refractivity contribution is 0.271. The zero-order chi connectivity index (χ0) is 19.3. The fourth-order valence-electron chi connectivity index (χ4n) is 3.83. The predicted octanol–water partition coefficient (Wildman–Crippen LogP) is 3.36. The normalized spacial score (nSPS) is 15.3. The molecule has 1 aliphatic heterocycles. The Morgan fingerprint density at radius 2 is 1.86 bits per heavy atom. The molecule has 4 rings (SSSR count). The Labute approximate surface area is 166 Å². The molecule has 0 spiro atoms. The molecular formula is C23H28N4O. The molecule has 0 atom stereocenters. The lowest BCUT2D eigenvalue weighted by Crippen LogP contribution is -2.46. The van der Waals surface area contributed by atoms with Crippen molar-refractivity contribution in [3.63, 3.8) is 0 Å². The molecule has 5 heteroatoms. The number of nitrogens with zero attached hydrogens (tertiary/aromatic N) is 4. The van der Waals surface area contributed by atoms with Crippen molar-refractivity contribution in [2.24, 2.45) is 0 Å². The average Bonchev–Trinajstić information content (AvgIpc) is 2.77. The van der Waals surface area contributed by atoms with Gasteiger partial charge in [0.05, 0.1) is 5.69 Å². The van der Waals surface area contributed by atoms with E-state index in [9.17, 15) is 0 Å². The van der Waals surface area contributed by atoms with Gasteiger partial charge in [-0.05, 0) is 43.0 Å². The van der Waals surface area contributed by atoms with Gasteiger partial charge >= 0.3 is 0 Å². The van der Waals surface area contributed by atoms with E-state index >= 15 is 0 Å². The molecule has 2 aromatic heterocycles. The zero-order valence-corrected chi connectivity index (χ0v) is 16.5. The minimum atomic E-state index is 0.199. The van der Waals surface area contributed by atoms with E-state index in [0.717, 1.165) is 68.3 Å². The largest absolute Gasteiger partial charge is 0.396 e. The molecule has 1 aromatic carbocycles. The fourth-order valence-corrected chi connectivity index (χ4v) is 3.83. The first-order valence-corrected chi connectivity index (χ1v) is 10.2. The molecule has 1 fully saturated rings. The molecule has 0 saturated carbocycles. The van der Waals surface area contributed by atoms with Gasteiger partial charge in [0.15, 0.2) is 0 Å². The number of piperazine rings is 1. The van der Waals surface area contributed by atoms with E-state index in [1.807, 2.05) is 12.3 Å². The second-order valence-corrected chi connectivity index (χ2v) is 7.34. The molecule has 0 radical (unpaired) electrons. The van der Waals surface area contributed by atoms with Crippen LogP contribution in [0.1, 0.15) is 19.0 Å². The topological polar surface area (TPSA) is 52.5 Å². The number of likely N-dealkylation sites (N-methyl/N-ethyl adjacent to an activating group) is 1. The quantitative estimate of drug-likeness (QED) is 0.715. The van der Waals surface area contributed by atoms with Crippen LogP contribution in [0.25, 0.3) is 22.0 Å². The molecule has 3 aromatic rings. The number of benzene rings is 1. The van der Waals surface area contributed by atoms with Crippen LogP contribution in [0.3, 0.4) is 0 Å². The van der Waals surface area contributed by atoms with Crippen LogP contribution in [0, 0.1) is 0 Å². The molecule has 1 aliphatic rings. The smallest absolute Gasteiger partial charge is 0.137 e. The van der Waals surface area contributed by atoms with Crippen molar-refractivity contribution in [2.75, 3.05) is 44.2 Å². The highest BCUT2D eigenvalue weighted by molar-refractivity contribution is 5.95. The Balaban J connectivity index is 1.68. The summed E-state index contributed by atoms with van der Waals surface area (Å²) >= 11 is 0. The number of pyridine rings is 2. The van der Waals surface area contributed by atoms with Crippen LogP contribution >= 0.6 is 0 Å². The summed E-state index contributed by atoms with van der Waals surface area (Å²) in [4.78, 5) is 14.5. The van der Waals surface area contributed by atoms with Crippen molar-refractivity contribution < 1.29 is 5.11 Å². The highest BCUT2D eigenvalue weighted by Gasteiger charge is 2.19. The molecule has 3 heterocycles. The number of aryl methyl sites for hydroxylation is 1. The van der Waals surface area contributed by atoms with Crippen LogP contribution in [0.2, 0.25) is 0 Å². The van der Waals surface area contributed by atoms with Gasteiger partial charge in [-0.3, -0.25) is 4.98 Å². The third-order valence-corrected chi connectivity index (χ3v) is 5.55. The van der Waals surface area contributed by atoms with Crippen molar-refractivity contribution in [1.82, 2.24) is 14.9 Å². The van der Waals surface area contributed by atoms with E-state index < -0.39 is 0 Å². The molecular weight excluding hydrogens is 348 g/mol. The lowest BCUT2D eigenvalue weighted by Gasteiger charge is -2.35. The standard InChI is InChI=1S/C23H28N4O/c1-2-26-11-13-27(14-12-26)23-21-8-4-3-6-18(21)16-22(25-23)19-9-10-20(24-17-19)7-5-15-28/h3-4,6,8-10,16-17,28H,2,5,7,11-15H2,1H3. The van der Waals surface area contributed by atoms with E-state index in [4.69, 9.17) is 10.1 Å². The molecule has 28 heavy (non-hydrogen) atoms. The Morgan fingerprint density at radius 1 is 1.04 bits per heavy atom. The van der Waals surface area contributed by atoms with Crippen LogP contribution < -0.4 is 4.90 Å². The van der Waals surface area contributed by atoms with Crippen molar-refractivity contribution in [3.05, 3.63) is 54.4 Å². The number of hydrogen-bond donors (Lipinski definition) is 1. The minimum Gasteiger partial charge on any atom is -0.396 e. The number of aliphatic hydroxyl groups excluding tert-OH is 1. The van der Waals surface area contributed by atoms with Crippen molar-refractivity contribution in [1.29, 1.82) is 0 Å². The Morgan fingerprint density at radius 3 is 2.57 bits per heavy atom. The molecule has 0 bridgehead atoms. The summed E-state index contributed by atoms with van der Waals surface area (Å²) in [6.07, 6.45) is 3.45. The third-order valence-electron chi connectivity index (χ3n) is 5.55. The number of aliphatic hydroxyl groups is 1. The predicted molar refractivity (Wildman–Crippen MR) is 115 cm³/mol. The summed E-state index contributed by atoms with van der Waals surface area (Å²) in [5, 5.41) is 11.4. The van der Waals surface area contributed by atoms with Gasteiger partial charge in [-0.15, -0.1) is 0 Å². The first-order valence-electron chi connectivity index (χ1n) is 10.2. The summed E-state index contributed by atoms with van der Waals surface area (Å²) in [5.74, 6) is 1.08. The molecule has 5 nitrogen and oxygen atoms in total. The van der Waals surface area contributed by atoms with Crippen molar-refractivity contribution in [2.45, 2.75) is 19.8 Å². The monoisotopic (exact) mass is 376 g/mol. The number of fused-ring (bicyclic) bond motifs is 1. The van der Waals surface area contributed by atoms with Gasteiger partial charge in [-0.2, -0.15) is 0 Å². The first kappa shape index (κ1) is 18.8. The van der Waals surface area contributed by atoms with Gasteiger partial charge in [0.1, 0.15) is 5.82 Å².